The van der Waals surface area contributed by atoms with Crippen LogP contribution in [0, 0.1) is 5.92 Å². The Bertz CT molecular complexity index is 394. The van der Waals surface area contributed by atoms with E-state index in [0.717, 1.165) is 26.1 Å². The van der Waals surface area contributed by atoms with Crippen LogP contribution in [0.1, 0.15) is 25.8 Å². The van der Waals surface area contributed by atoms with Crippen LogP contribution in [0.3, 0.4) is 0 Å². The summed E-state index contributed by atoms with van der Waals surface area (Å²) >= 11 is 0. The number of benzene rings is 1. The molecule has 1 aliphatic rings. The van der Waals surface area contributed by atoms with Gasteiger partial charge < -0.3 is 15.3 Å². The maximum absolute atomic E-state index is 9.51. The third-order valence-electron chi connectivity index (χ3n) is 3.78. The van der Waals surface area contributed by atoms with Crippen LogP contribution in [0.4, 0.5) is 5.69 Å². The molecule has 0 bridgehead atoms. The highest BCUT2D eigenvalue weighted by molar-refractivity contribution is 5.55. The molecule has 106 valence electrons. The van der Waals surface area contributed by atoms with Gasteiger partial charge >= 0.3 is 0 Å². The number of fused-ring (bicyclic) bond motifs is 1. The quantitative estimate of drug-likeness (QED) is 0.823. The second-order valence-electron chi connectivity index (χ2n) is 5.68. The van der Waals surface area contributed by atoms with Crippen molar-refractivity contribution in [2.45, 2.75) is 32.7 Å². The Kier molecular flexibility index (Phi) is 5.23. The third-order valence-corrected chi connectivity index (χ3v) is 3.78. The molecule has 3 nitrogen and oxygen atoms in total. The molecule has 0 radical (unpaired) electrons. The van der Waals surface area contributed by atoms with E-state index in [4.69, 9.17) is 0 Å². The lowest BCUT2D eigenvalue weighted by molar-refractivity contribution is 0.242. The summed E-state index contributed by atoms with van der Waals surface area (Å²) in [6.07, 6.45) is 2.27. The first kappa shape index (κ1) is 14.4. The van der Waals surface area contributed by atoms with Crippen molar-refractivity contribution in [2.24, 2.45) is 5.92 Å². The van der Waals surface area contributed by atoms with Crippen molar-refractivity contribution < 1.29 is 5.11 Å². The zero-order valence-corrected chi connectivity index (χ0v) is 12.1. The van der Waals surface area contributed by atoms with Crippen molar-refractivity contribution in [2.75, 3.05) is 31.1 Å². The Morgan fingerprint density at radius 2 is 2.21 bits per heavy atom. The molecule has 2 unspecified atom stereocenters. The van der Waals surface area contributed by atoms with Gasteiger partial charge in [0.2, 0.25) is 0 Å². The van der Waals surface area contributed by atoms with Crippen molar-refractivity contribution in [3.05, 3.63) is 29.8 Å². The third kappa shape index (κ3) is 3.71. The molecule has 19 heavy (non-hydrogen) atoms. The molecular weight excluding hydrogens is 236 g/mol. The summed E-state index contributed by atoms with van der Waals surface area (Å²) in [4.78, 5) is 2.42. The van der Waals surface area contributed by atoms with Crippen molar-refractivity contribution >= 4 is 5.69 Å². The first-order valence-corrected chi connectivity index (χ1v) is 7.41. The van der Waals surface area contributed by atoms with Crippen molar-refractivity contribution in [1.29, 1.82) is 0 Å². The highest BCUT2D eigenvalue weighted by Gasteiger charge is 2.23. The van der Waals surface area contributed by atoms with Crippen molar-refractivity contribution in [3.8, 4) is 0 Å². The fourth-order valence-corrected chi connectivity index (χ4v) is 2.88. The molecule has 0 fully saturated rings. The minimum atomic E-state index is 0.165. The van der Waals surface area contributed by atoms with Crippen LogP contribution < -0.4 is 10.2 Å². The van der Waals surface area contributed by atoms with Crippen LogP contribution in [0.15, 0.2) is 24.3 Å². The van der Waals surface area contributed by atoms with E-state index in [1.807, 2.05) is 0 Å². The zero-order chi connectivity index (χ0) is 13.7. The maximum Gasteiger partial charge on any atom is 0.0601 e. The second kappa shape index (κ2) is 6.92. The largest absolute Gasteiger partial charge is 0.395 e. The monoisotopic (exact) mass is 262 g/mol. The van der Waals surface area contributed by atoms with Crippen LogP contribution >= 0.6 is 0 Å². The van der Waals surface area contributed by atoms with Gasteiger partial charge in [0.15, 0.2) is 0 Å². The number of para-hydroxylation sites is 1. The smallest absolute Gasteiger partial charge is 0.0601 e. The Hall–Kier alpha value is -1.06. The average Bonchev–Trinajstić information content (AvgIpc) is 2.43. The van der Waals surface area contributed by atoms with E-state index in [1.54, 1.807) is 0 Å². The summed E-state index contributed by atoms with van der Waals surface area (Å²) in [5.41, 5.74) is 2.78. The lowest BCUT2D eigenvalue weighted by atomic mass is 9.93. The molecule has 2 N–H and O–H groups in total. The predicted octanol–water partition coefficient (Wildman–Crippen LogP) is 2.05. The molecule has 2 atom stereocenters. The number of nitrogens with one attached hydrogen (secondary N) is 1. The lowest BCUT2D eigenvalue weighted by Gasteiger charge is -2.37. The molecule has 1 heterocycles. The molecule has 3 heteroatoms. The number of aliphatic hydroxyl groups is 1. The highest BCUT2D eigenvalue weighted by atomic mass is 16.3. The van der Waals surface area contributed by atoms with E-state index in [0.29, 0.717) is 5.92 Å². The molecule has 0 saturated carbocycles. The molecule has 1 aliphatic heterocycles. The summed E-state index contributed by atoms with van der Waals surface area (Å²) in [5.74, 6) is 0.681. The number of aliphatic hydroxyl groups excluding tert-OH is 1. The Balaban J connectivity index is 2.07. The molecule has 2 rings (SSSR count). The van der Waals surface area contributed by atoms with Gasteiger partial charge in [-0.2, -0.15) is 0 Å². The molecule has 0 aliphatic carbocycles. The summed E-state index contributed by atoms with van der Waals surface area (Å²) in [6, 6.07) is 8.82. The highest BCUT2D eigenvalue weighted by Crippen LogP contribution is 2.29. The number of hydrogen-bond donors (Lipinski definition) is 2. The Labute approximate surface area is 116 Å². The molecule has 0 saturated heterocycles. The van der Waals surface area contributed by atoms with E-state index < -0.39 is 0 Å². The van der Waals surface area contributed by atoms with Gasteiger partial charge in [0.1, 0.15) is 0 Å². The van der Waals surface area contributed by atoms with E-state index in [1.165, 1.54) is 17.7 Å². The number of nitrogens with zero attached hydrogens (tertiary/aromatic N) is 1. The summed E-state index contributed by atoms with van der Waals surface area (Å²) in [5, 5.41) is 12.9. The molecule has 1 aromatic rings. The number of anilines is 1. The fraction of sp³-hybridized carbons (Fsp3) is 0.625. The second-order valence-corrected chi connectivity index (χ2v) is 5.68. The standard InChI is InChI=1S/C16H26N2O/c1-3-8-17-15(12-19)11-18-10-13(2)9-14-6-4-5-7-16(14)18/h4-7,13,15,17,19H,3,8-12H2,1-2H3. The fourth-order valence-electron chi connectivity index (χ4n) is 2.88. The topological polar surface area (TPSA) is 35.5 Å². The van der Waals surface area contributed by atoms with Crippen molar-refractivity contribution in [3.63, 3.8) is 0 Å². The van der Waals surface area contributed by atoms with Gasteiger partial charge in [-0.05, 0) is 36.9 Å². The molecule has 0 spiro atoms. The van der Waals surface area contributed by atoms with Gasteiger partial charge in [-0.15, -0.1) is 0 Å². The minimum Gasteiger partial charge on any atom is -0.395 e. The average molecular weight is 262 g/mol. The first-order valence-electron chi connectivity index (χ1n) is 7.41. The molecule has 0 aromatic heterocycles. The van der Waals surface area contributed by atoms with Gasteiger partial charge in [0, 0.05) is 24.8 Å². The first-order chi connectivity index (χ1) is 9.24. The maximum atomic E-state index is 9.51. The number of hydrogen-bond acceptors (Lipinski definition) is 3. The van der Waals surface area contributed by atoms with E-state index in [2.05, 4.69) is 48.3 Å². The minimum absolute atomic E-state index is 0.165. The van der Waals surface area contributed by atoms with Gasteiger partial charge in [0.05, 0.1) is 6.61 Å². The van der Waals surface area contributed by atoms with E-state index in [9.17, 15) is 5.11 Å². The summed E-state index contributed by atoms with van der Waals surface area (Å²) in [7, 11) is 0. The van der Waals surface area contributed by atoms with Gasteiger partial charge in [-0.25, -0.2) is 0 Å². The van der Waals surface area contributed by atoms with Gasteiger partial charge in [-0.3, -0.25) is 0 Å². The summed E-state index contributed by atoms with van der Waals surface area (Å²) < 4.78 is 0. The van der Waals surface area contributed by atoms with Gasteiger partial charge in [-0.1, -0.05) is 32.0 Å². The number of rotatable bonds is 6. The summed E-state index contributed by atoms with van der Waals surface area (Å²) in [6.45, 7) is 7.60. The van der Waals surface area contributed by atoms with Crippen LogP contribution in [0.2, 0.25) is 0 Å². The SMILES string of the molecule is CCCNC(CO)CN1CC(C)Cc2ccccc21. The molecule has 0 amide bonds. The normalized spacial score (nSPS) is 20.2. The van der Waals surface area contributed by atoms with E-state index in [-0.39, 0.29) is 12.6 Å². The van der Waals surface area contributed by atoms with E-state index >= 15 is 0 Å². The van der Waals surface area contributed by atoms with Crippen LogP contribution in [0.5, 0.6) is 0 Å². The van der Waals surface area contributed by atoms with Crippen LogP contribution in [-0.2, 0) is 6.42 Å². The zero-order valence-electron chi connectivity index (χ0n) is 12.1. The lowest BCUT2D eigenvalue weighted by Crippen LogP contribution is -2.46. The predicted molar refractivity (Wildman–Crippen MR) is 80.7 cm³/mol. The van der Waals surface area contributed by atoms with Crippen LogP contribution in [-0.4, -0.2) is 37.4 Å². The molecular formula is C16H26N2O. The molecule has 1 aromatic carbocycles. The Morgan fingerprint density at radius 3 is 2.95 bits per heavy atom. The van der Waals surface area contributed by atoms with Crippen molar-refractivity contribution in [1.82, 2.24) is 5.32 Å². The van der Waals surface area contributed by atoms with Gasteiger partial charge in [0.25, 0.3) is 0 Å². The van der Waals surface area contributed by atoms with Crippen LogP contribution in [0.25, 0.3) is 0 Å². The Morgan fingerprint density at radius 1 is 1.42 bits per heavy atom.